The normalized spacial score (nSPS) is 10.6. The Hall–Kier alpha value is -1.49. The average Bonchev–Trinajstić information content (AvgIpc) is 2.69. The Bertz CT molecular complexity index is 326. The lowest BCUT2D eigenvalue weighted by Gasteiger charge is -1.68. The van der Waals surface area contributed by atoms with Crippen molar-refractivity contribution in [3.05, 3.63) is 17.2 Å². The first-order valence-corrected chi connectivity index (χ1v) is 4.69. The average molecular weight is 193 g/mol. The Labute approximate surface area is 86.4 Å². The maximum Gasteiger partial charge on any atom is 0.181 e. The van der Waals surface area contributed by atoms with Crippen molar-refractivity contribution in [1.82, 2.24) is 4.98 Å². The summed E-state index contributed by atoms with van der Waals surface area (Å²) in [5.41, 5.74) is 0.845. The number of terminal acetylenes is 1. The molecule has 1 aromatic rings. The number of hydrogen-bond acceptors (Lipinski definition) is 2. The minimum absolute atomic E-state index is 0.845. The summed E-state index contributed by atoms with van der Waals surface area (Å²) < 4.78 is 5.01. The van der Waals surface area contributed by atoms with Crippen LogP contribution < -0.4 is 10.8 Å². The lowest BCUT2D eigenvalue weighted by molar-refractivity contribution is 0.524. The van der Waals surface area contributed by atoms with Crippen molar-refractivity contribution in [2.75, 3.05) is 0 Å². The van der Waals surface area contributed by atoms with Crippen LogP contribution >= 0.6 is 0 Å². The Morgan fingerprint density at radius 3 is 2.14 bits per heavy atom. The summed E-state index contributed by atoms with van der Waals surface area (Å²) in [5.74, 6) is 2.25. The predicted octanol–water partition coefficient (Wildman–Crippen LogP) is 1.94. The van der Waals surface area contributed by atoms with Gasteiger partial charge in [-0.3, -0.25) is 0 Å². The van der Waals surface area contributed by atoms with Crippen LogP contribution in [0, 0.1) is 12.3 Å². The minimum atomic E-state index is 0.845. The molecular formula is C12H19NO. The van der Waals surface area contributed by atoms with E-state index in [1.165, 1.54) is 6.39 Å². The van der Waals surface area contributed by atoms with Crippen LogP contribution in [0.15, 0.2) is 10.8 Å². The second-order valence-corrected chi connectivity index (χ2v) is 1.97. The largest absolute Gasteiger partial charge is 0.444 e. The van der Waals surface area contributed by atoms with Gasteiger partial charge in [-0.2, -0.15) is 0 Å². The smallest absolute Gasteiger partial charge is 0.181 e. The number of oxazole rings is 1. The molecule has 1 heterocycles. The van der Waals surface area contributed by atoms with Gasteiger partial charge < -0.3 is 4.42 Å². The fourth-order valence-corrected chi connectivity index (χ4v) is 0.697. The van der Waals surface area contributed by atoms with Crippen LogP contribution in [-0.4, -0.2) is 4.98 Å². The quantitative estimate of drug-likeness (QED) is 0.588. The van der Waals surface area contributed by atoms with E-state index in [-0.39, 0.29) is 0 Å². The van der Waals surface area contributed by atoms with E-state index in [0.29, 0.717) is 0 Å². The zero-order valence-electron chi connectivity index (χ0n) is 9.66. The van der Waals surface area contributed by atoms with E-state index in [9.17, 15) is 0 Å². The molecular weight excluding hydrogens is 174 g/mol. The van der Waals surface area contributed by atoms with E-state index in [0.717, 1.165) is 10.8 Å². The molecule has 0 aromatic carbocycles. The molecule has 0 aliphatic carbocycles. The maximum absolute atomic E-state index is 5.01. The van der Waals surface area contributed by atoms with Crippen molar-refractivity contribution in [2.24, 2.45) is 0 Å². The highest BCUT2D eigenvalue weighted by atomic mass is 16.3. The minimum Gasteiger partial charge on any atom is -0.444 e. The second-order valence-electron chi connectivity index (χ2n) is 1.97. The SMILES string of the molecule is C#CC.C/C=c1/nco/c1=C/C.CC. The van der Waals surface area contributed by atoms with Gasteiger partial charge in [0.25, 0.3) is 0 Å². The molecule has 78 valence electrons. The van der Waals surface area contributed by atoms with Gasteiger partial charge >= 0.3 is 0 Å². The number of aromatic nitrogens is 1. The van der Waals surface area contributed by atoms with E-state index in [2.05, 4.69) is 17.3 Å². The van der Waals surface area contributed by atoms with Gasteiger partial charge in [0.05, 0.1) is 0 Å². The third-order valence-electron chi connectivity index (χ3n) is 1.16. The monoisotopic (exact) mass is 193 g/mol. The molecule has 1 rings (SSSR count). The molecule has 0 atom stereocenters. The lowest BCUT2D eigenvalue weighted by atomic mass is 10.5. The molecule has 1 aromatic heterocycles. The molecule has 0 spiro atoms. The number of rotatable bonds is 0. The predicted molar refractivity (Wildman–Crippen MR) is 61.9 cm³/mol. The van der Waals surface area contributed by atoms with Crippen molar-refractivity contribution in [3.8, 4) is 12.3 Å². The van der Waals surface area contributed by atoms with Gasteiger partial charge in [-0.05, 0) is 26.8 Å². The molecule has 2 heteroatoms. The van der Waals surface area contributed by atoms with Gasteiger partial charge in [-0.25, -0.2) is 4.98 Å². The maximum atomic E-state index is 5.01. The van der Waals surface area contributed by atoms with Crippen LogP contribution in [0.1, 0.15) is 34.6 Å². The van der Waals surface area contributed by atoms with E-state index >= 15 is 0 Å². The Kier molecular flexibility index (Phi) is 12.3. The summed E-state index contributed by atoms with van der Waals surface area (Å²) in [6.07, 6.45) is 9.85. The standard InChI is InChI=1S/C7H9NO.C3H4.C2H6/c1-3-6-7(4-2)9-5-8-6;1-3-2;1-2/h3-5H,1-2H3;1H,2H3;1-2H3/b6-3+,7-4+;;. The first kappa shape index (κ1) is 15.0. The Balaban J connectivity index is 0. The molecule has 14 heavy (non-hydrogen) atoms. The molecule has 0 unspecified atom stereocenters. The zero-order valence-corrected chi connectivity index (χ0v) is 9.66. The van der Waals surface area contributed by atoms with Crippen LogP contribution in [0.2, 0.25) is 0 Å². The van der Waals surface area contributed by atoms with E-state index < -0.39 is 0 Å². The van der Waals surface area contributed by atoms with Crippen LogP contribution in [-0.2, 0) is 0 Å². The fraction of sp³-hybridized carbons (Fsp3) is 0.417. The zero-order chi connectivity index (χ0) is 11.4. The third kappa shape index (κ3) is 6.07. The van der Waals surface area contributed by atoms with E-state index in [1.54, 1.807) is 6.92 Å². The molecule has 0 bridgehead atoms. The van der Waals surface area contributed by atoms with Crippen molar-refractivity contribution < 1.29 is 4.42 Å². The van der Waals surface area contributed by atoms with Crippen molar-refractivity contribution in [1.29, 1.82) is 0 Å². The molecule has 0 fully saturated rings. The molecule has 0 N–H and O–H groups in total. The summed E-state index contributed by atoms with van der Waals surface area (Å²) >= 11 is 0. The van der Waals surface area contributed by atoms with Gasteiger partial charge in [-0.15, -0.1) is 12.3 Å². The van der Waals surface area contributed by atoms with Crippen molar-refractivity contribution in [2.45, 2.75) is 34.6 Å². The Morgan fingerprint density at radius 2 is 1.86 bits per heavy atom. The molecule has 0 radical (unpaired) electrons. The van der Waals surface area contributed by atoms with Gasteiger partial charge in [0, 0.05) is 0 Å². The highest BCUT2D eigenvalue weighted by Crippen LogP contribution is 1.63. The van der Waals surface area contributed by atoms with Crippen molar-refractivity contribution in [3.63, 3.8) is 0 Å². The summed E-state index contributed by atoms with van der Waals surface area (Å²) in [6, 6.07) is 0. The van der Waals surface area contributed by atoms with Crippen LogP contribution in [0.4, 0.5) is 0 Å². The first-order chi connectivity index (χ1) is 6.79. The van der Waals surface area contributed by atoms with Crippen molar-refractivity contribution >= 4 is 12.2 Å². The van der Waals surface area contributed by atoms with Gasteiger partial charge in [0.2, 0.25) is 0 Å². The van der Waals surface area contributed by atoms with E-state index in [1.807, 2.05) is 39.8 Å². The molecule has 0 saturated carbocycles. The summed E-state index contributed by atoms with van der Waals surface area (Å²) in [7, 11) is 0. The molecule has 0 amide bonds. The number of nitrogens with zero attached hydrogens (tertiary/aromatic N) is 1. The molecule has 0 aliphatic heterocycles. The third-order valence-corrected chi connectivity index (χ3v) is 1.16. The Morgan fingerprint density at radius 1 is 1.36 bits per heavy atom. The van der Waals surface area contributed by atoms with E-state index in [4.69, 9.17) is 4.42 Å². The topological polar surface area (TPSA) is 26.0 Å². The highest BCUT2D eigenvalue weighted by molar-refractivity contribution is 5.19. The first-order valence-electron chi connectivity index (χ1n) is 4.69. The van der Waals surface area contributed by atoms with Gasteiger partial charge in [-0.1, -0.05) is 19.9 Å². The molecule has 0 saturated heterocycles. The van der Waals surface area contributed by atoms with Gasteiger partial charge in [0.15, 0.2) is 6.39 Å². The summed E-state index contributed by atoms with van der Waals surface area (Å²) in [5, 5.41) is 0.914. The summed E-state index contributed by atoms with van der Waals surface area (Å²) in [4.78, 5) is 3.95. The van der Waals surface area contributed by atoms with Crippen LogP contribution in [0.25, 0.3) is 12.2 Å². The van der Waals surface area contributed by atoms with Crippen LogP contribution in [0.5, 0.6) is 0 Å². The fourth-order valence-electron chi connectivity index (χ4n) is 0.697. The summed E-state index contributed by atoms with van der Waals surface area (Å²) in [6.45, 7) is 9.51. The highest BCUT2D eigenvalue weighted by Gasteiger charge is 1.82. The van der Waals surface area contributed by atoms with Crippen LogP contribution in [0.3, 0.4) is 0 Å². The second kappa shape index (κ2) is 11.5. The van der Waals surface area contributed by atoms with Gasteiger partial charge in [0.1, 0.15) is 10.8 Å². The molecule has 0 aliphatic rings. The lowest BCUT2D eigenvalue weighted by Crippen LogP contribution is -2.20. The number of hydrogen-bond donors (Lipinski definition) is 0. The molecule has 2 nitrogen and oxygen atoms in total.